The van der Waals surface area contributed by atoms with E-state index in [2.05, 4.69) is 20.6 Å². The summed E-state index contributed by atoms with van der Waals surface area (Å²) in [6.45, 7) is -0.580. The number of carbonyl (C=O) groups excluding carboxylic acids is 1. The first-order chi connectivity index (χ1) is 15.5. The molecule has 0 aliphatic carbocycles. The maximum absolute atomic E-state index is 13.9. The number of rotatable bonds is 4. The van der Waals surface area contributed by atoms with Gasteiger partial charge in [0.1, 0.15) is 23.3 Å². The number of aliphatic imine (C=N–C) groups is 1. The van der Waals surface area contributed by atoms with Gasteiger partial charge in [-0.05, 0) is 30.3 Å². The maximum atomic E-state index is 13.9. The number of nitrogens with zero attached hydrogens (tertiary/aromatic N) is 2. The molecule has 0 bridgehead atoms. The molecule has 172 valence electrons. The number of carbonyl (C=O) groups is 1. The van der Waals surface area contributed by atoms with Crippen LogP contribution in [0.5, 0.6) is 5.88 Å². The smallest absolute Gasteiger partial charge is 0.416 e. The lowest BCUT2D eigenvalue weighted by Gasteiger charge is -2.13. The Labute approximate surface area is 182 Å². The first-order valence-electron chi connectivity index (χ1n) is 9.13. The highest BCUT2D eigenvalue weighted by Gasteiger charge is 2.30. The molecule has 1 amide bonds. The van der Waals surface area contributed by atoms with Crippen LogP contribution >= 0.6 is 0 Å². The molecule has 0 radical (unpaired) electrons. The van der Waals surface area contributed by atoms with E-state index in [1.54, 1.807) is 0 Å². The van der Waals surface area contributed by atoms with Gasteiger partial charge in [-0.2, -0.15) is 23.1 Å². The summed E-state index contributed by atoms with van der Waals surface area (Å²) in [6, 6.07) is 8.19. The lowest BCUT2D eigenvalue weighted by atomic mass is 10.1. The standard InChI is InChI=1S/C21H14F6N4O2/c22-13-8-15(23)14(16(24)9-13)10-28-20(30-17-2-1-3-18(32)29-17)31-19(33)11-4-6-12(7-5-11)21(25,26)27/h1-9H,10H2,(H3,28,29,30,31,32,33). The van der Waals surface area contributed by atoms with E-state index < -0.39 is 47.2 Å². The first kappa shape index (κ1) is 23.6. The second-order valence-corrected chi connectivity index (χ2v) is 6.55. The van der Waals surface area contributed by atoms with Crippen molar-refractivity contribution in [3.8, 4) is 5.88 Å². The van der Waals surface area contributed by atoms with Crippen molar-refractivity contribution >= 4 is 17.7 Å². The van der Waals surface area contributed by atoms with Crippen LogP contribution in [-0.2, 0) is 12.7 Å². The Hall–Kier alpha value is -4.09. The predicted molar refractivity (Wildman–Crippen MR) is 106 cm³/mol. The molecule has 33 heavy (non-hydrogen) atoms. The zero-order chi connectivity index (χ0) is 24.2. The number of guanidine groups is 1. The number of aromatic nitrogens is 1. The molecule has 1 aromatic heterocycles. The van der Waals surface area contributed by atoms with Gasteiger partial charge in [0.05, 0.1) is 5.56 Å². The topological polar surface area (TPSA) is 86.6 Å². The molecular formula is C21H14F6N4O2. The van der Waals surface area contributed by atoms with E-state index in [4.69, 9.17) is 0 Å². The van der Waals surface area contributed by atoms with E-state index in [0.717, 1.165) is 12.1 Å². The molecular weight excluding hydrogens is 454 g/mol. The number of benzene rings is 2. The van der Waals surface area contributed by atoms with Crippen LogP contribution in [0.15, 0.2) is 59.6 Å². The summed E-state index contributed by atoms with van der Waals surface area (Å²) in [6.07, 6.45) is -4.59. The molecule has 6 nitrogen and oxygen atoms in total. The van der Waals surface area contributed by atoms with Gasteiger partial charge in [-0.1, -0.05) is 6.07 Å². The van der Waals surface area contributed by atoms with Gasteiger partial charge in [-0.3, -0.25) is 4.79 Å². The molecule has 0 saturated carbocycles. The summed E-state index contributed by atoms with van der Waals surface area (Å²) in [5.74, 6) is -5.28. The van der Waals surface area contributed by atoms with Crippen LogP contribution in [0.4, 0.5) is 32.2 Å². The fourth-order valence-corrected chi connectivity index (χ4v) is 2.61. The van der Waals surface area contributed by atoms with Gasteiger partial charge in [0.15, 0.2) is 0 Å². The summed E-state index contributed by atoms with van der Waals surface area (Å²) in [5, 5.41) is 14.5. The zero-order valence-electron chi connectivity index (χ0n) is 16.4. The molecule has 0 fully saturated rings. The normalized spacial score (nSPS) is 11.9. The van der Waals surface area contributed by atoms with Gasteiger partial charge in [0, 0.05) is 35.9 Å². The minimum absolute atomic E-state index is 0.0125. The van der Waals surface area contributed by atoms with Crippen LogP contribution in [0, 0.1) is 17.5 Å². The van der Waals surface area contributed by atoms with E-state index in [-0.39, 0.29) is 23.2 Å². The molecule has 12 heteroatoms. The number of hydrogen-bond donors (Lipinski definition) is 3. The largest absolute Gasteiger partial charge is 0.493 e. The molecule has 0 aliphatic heterocycles. The van der Waals surface area contributed by atoms with Crippen LogP contribution in [0.25, 0.3) is 0 Å². The highest BCUT2D eigenvalue weighted by molar-refractivity contribution is 6.06. The molecule has 3 aromatic rings. The van der Waals surface area contributed by atoms with Crippen molar-refractivity contribution in [1.29, 1.82) is 0 Å². The van der Waals surface area contributed by atoms with Crippen molar-refractivity contribution in [3.63, 3.8) is 0 Å². The third-order valence-corrected chi connectivity index (χ3v) is 4.19. The molecule has 0 unspecified atom stereocenters. The van der Waals surface area contributed by atoms with Gasteiger partial charge in [-0.15, -0.1) is 0 Å². The van der Waals surface area contributed by atoms with Crippen molar-refractivity contribution in [2.45, 2.75) is 12.7 Å². The van der Waals surface area contributed by atoms with Crippen molar-refractivity contribution < 1.29 is 36.2 Å². The van der Waals surface area contributed by atoms with Crippen molar-refractivity contribution in [3.05, 3.63) is 88.7 Å². The lowest BCUT2D eigenvalue weighted by molar-refractivity contribution is -0.137. The van der Waals surface area contributed by atoms with Crippen LogP contribution < -0.4 is 10.6 Å². The van der Waals surface area contributed by atoms with Gasteiger partial charge >= 0.3 is 6.18 Å². The number of pyridine rings is 1. The fourth-order valence-electron chi connectivity index (χ4n) is 2.61. The Morgan fingerprint density at radius 2 is 1.64 bits per heavy atom. The fraction of sp³-hybridized carbons (Fsp3) is 0.0952. The monoisotopic (exact) mass is 468 g/mol. The Morgan fingerprint density at radius 1 is 1.00 bits per heavy atom. The number of anilines is 1. The van der Waals surface area contributed by atoms with E-state index in [9.17, 15) is 36.2 Å². The lowest BCUT2D eigenvalue weighted by Crippen LogP contribution is -2.32. The average molecular weight is 468 g/mol. The van der Waals surface area contributed by atoms with Gasteiger partial charge in [0.25, 0.3) is 5.91 Å². The second kappa shape index (κ2) is 9.59. The molecule has 1 heterocycles. The van der Waals surface area contributed by atoms with E-state index >= 15 is 0 Å². The average Bonchev–Trinajstić information content (AvgIpc) is 2.72. The summed E-state index contributed by atoms with van der Waals surface area (Å²) < 4.78 is 79.1. The minimum Gasteiger partial charge on any atom is -0.493 e. The number of nitrogens with one attached hydrogen (secondary N) is 2. The predicted octanol–water partition coefficient (Wildman–Crippen LogP) is 4.62. The molecule has 0 atom stereocenters. The van der Waals surface area contributed by atoms with E-state index in [1.807, 2.05) is 0 Å². The third kappa shape index (κ3) is 6.21. The van der Waals surface area contributed by atoms with Crippen LogP contribution in [0.2, 0.25) is 0 Å². The molecule has 2 aromatic carbocycles. The minimum atomic E-state index is -4.59. The molecule has 3 rings (SSSR count). The Balaban J connectivity index is 1.87. The van der Waals surface area contributed by atoms with Gasteiger partial charge in [0.2, 0.25) is 11.8 Å². The van der Waals surface area contributed by atoms with E-state index in [0.29, 0.717) is 24.3 Å². The Morgan fingerprint density at radius 3 is 2.21 bits per heavy atom. The molecule has 3 N–H and O–H groups in total. The van der Waals surface area contributed by atoms with Crippen LogP contribution in [0.3, 0.4) is 0 Å². The maximum Gasteiger partial charge on any atom is 0.416 e. The molecule has 0 spiro atoms. The summed E-state index contributed by atoms with van der Waals surface area (Å²) >= 11 is 0. The van der Waals surface area contributed by atoms with Gasteiger partial charge in [-0.25, -0.2) is 13.2 Å². The number of alkyl halides is 3. The van der Waals surface area contributed by atoms with Crippen molar-refractivity contribution in [1.82, 2.24) is 10.3 Å². The molecule has 0 saturated heterocycles. The second-order valence-electron chi connectivity index (χ2n) is 6.55. The number of halogens is 6. The van der Waals surface area contributed by atoms with E-state index in [1.165, 1.54) is 18.2 Å². The van der Waals surface area contributed by atoms with Gasteiger partial charge < -0.3 is 15.7 Å². The summed E-state index contributed by atoms with van der Waals surface area (Å²) in [7, 11) is 0. The van der Waals surface area contributed by atoms with Crippen LogP contribution in [0.1, 0.15) is 21.5 Å². The van der Waals surface area contributed by atoms with Crippen molar-refractivity contribution in [2.75, 3.05) is 5.32 Å². The first-order valence-corrected chi connectivity index (χ1v) is 9.13. The third-order valence-electron chi connectivity index (χ3n) is 4.19. The SMILES string of the molecule is O=C(/N=C(/NCc1c(F)cc(F)cc1F)Nc1cccc(O)n1)c1ccc(C(F)(F)F)cc1. The number of hydrogen-bond acceptors (Lipinski definition) is 3. The van der Waals surface area contributed by atoms with Crippen LogP contribution in [-0.4, -0.2) is 22.0 Å². The zero-order valence-corrected chi connectivity index (χ0v) is 16.4. The highest BCUT2D eigenvalue weighted by Crippen LogP contribution is 2.29. The highest BCUT2D eigenvalue weighted by atomic mass is 19.4. The quantitative estimate of drug-likeness (QED) is 0.296. The Kier molecular flexibility index (Phi) is 6.85. The summed E-state index contributed by atoms with van der Waals surface area (Å²) in [5.41, 5.74) is -1.73. The Bertz CT molecular complexity index is 1170. The number of aromatic hydroxyl groups is 1. The molecule has 0 aliphatic rings. The summed E-state index contributed by atoms with van der Waals surface area (Å²) in [4.78, 5) is 19.9. The van der Waals surface area contributed by atoms with Crippen molar-refractivity contribution in [2.24, 2.45) is 4.99 Å². The number of amides is 1.